The van der Waals surface area contributed by atoms with Crippen LogP contribution in [0, 0.1) is 5.92 Å². The van der Waals surface area contributed by atoms with Crippen molar-refractivity contribution in [3.05, 3.63) is 29.2 Å². The molecule has 0 unspecified atom stereocenters. The van der Waals surface area contributed by atoms with Crippen molar-refractivity contribution in [3.8, 4) is 0 Å². The van der Waals surface area contributed by atoms with E-state index in [1.807, 2.05) is 13.8 Å². The van der Waals surface area contributed by atoms with Crippen LogP contribution in [0.4, 0.5) is 0 Å². The monoisotopic (exact) mass is 361 g/mol. The molecule has 0 spiro atoms. The highest BCUT2D eigenvalue weighted by Crippen LogP contribution is 2.30. The van der Waals surface area contributed by atoms with Gasteiger partial charge in [-0.3, -0.25) is 9.89 Å². The molecule has 8 heteroatoms. The molecule has 142 valence electrons. The Morgan fingerprint density at radius 1 is 1.38 bits per heavy atom. The Labute approximate surface area is 153 Å². The molecule has 0 aliphatic carbocycles. The topological polar surface area (TPSA) is 106 Å². The van der Waals surface area contributed by atoms with Crippen molar-refractivity contribution in [2.75, 3.05) is 13.2 Å². The number of hydrogen-bond acceptors (Lipinski definition) is 6. The Morgan fingerprint density at radius 3 is 2.81 bits per heavy atom. The fourth-order valence-electron chi connectivity index (χ4n) is 3.21. The number of amides is 1. The molecule has 0 saturated carbocycles. The van der Waals surface area contributed by atoms with Crippen LogP contribution in [0.5, 0.6) is 0 Å². The second kappa shape index (κ2) is 8.44. The lowest BCUT2D eigenvalue weighted by molar-refractivity contribution is 0.0467. The van der Waals surface area contributed by atoms with E-state index in [1.165, 1.54) is 0 Å². The third-order valence-electron chi connectivity index (χ3n) is 4.73. The molecule has 26 heavy (non-hydrogen) atoms. The molecule has 3 rings (SSSR count). The van der Waals surface area contributed by atoms with Gasteiger partial charge in [0, 0.05) is 24.8 Å². The fraction of sp³-hybridized carbons (Fsp3) is 0.667. The summed E-state index contributed by atoms with van der Waals surface area (Å²) in [5.74, 6) is 1.33. The van der Waals surface area contributed by atoms with Crippen molar-refractivity contribution in [1.29, 1.82) is 0 Å². The van der Waals surface area contributed by atoms with Crippen LogP contribution >= 0.6 is 0 Å². The summed E-state index contributed by atoms with van der Waals surface area (Å²) in [5.41, 5.74) is 1.43. The number of carbonyl (C=O) groups excluding carboxylic acids is 1. The number of nitrogens with zero attached hydrogens (tertiary/aromatic N) is 3. The summed E-state index contributed by atoms with van der Waals surface area (Å²) >= 11 is 0. The Morgan fingerprint density at radius 2 is 2.15 bits per heavy atom. The van der Waals surface area contributed by atoms with E-state index in [9.17, 15) is 4.79 Å². The first-order valence-electron chi connectivity index (χ1n) is 9.34. The average molecular weight is 361 g/mol. The zero-order chi connectivity index (χ0) is 18.5. The van der Waals surface area contributed by atoms with Gasteiger partial charge in [-0.05, 0) is 25.2 Å². The van der Waals surface area contributed by atoms with Gasteiger partial charge in [-0.1, -0.05) is 32.3 Å². The molecule has 2 N–H and O–H groups in total. The van der Waals surface area contributed by atoms with Crippen molar-refractivity contribution in [2.24, 2.45) is 5.92 Å². The minimum Gasteiger partial charge on any atom is -0.381 e. The summed E-state index contributed by atoms with van der Waals surface area (Å²) in [6.45, 7) is 7.45. The second-order valence-electron chi connectivity index (χ2n) is 7.06. The maximum Gasteiger partial charge on any atom is 0.255 e. The van der Waals surface area contributed by atoms with Gasteiger partial charge in [0.25, 0.3) is 5.91 Å². The van der Waals surface area contributed by atoms with Crippen LogP contribution in [0.25, 0.3) is 0 Å². The molecule has 1 saturated heterocycles. The SMILES string of the molecule is CCCc1[nH]ncc1C(=O)N[C@@H](c1nc(C(C)C)no1)C1CCOCC1. The molecule has 1 aliphatic rings. The molecular weight excluding hydrogens is 334 g/mol. The van der Waals surface area contributed by atoms with Crippen LogP contribution in [0.2, 0.25) is 0 Å². The number of aromatic amines is 1. The highest BCUT2D eigenvalue weighted by molar-refractivity contribution is 5.95. The average Bonchev–Trinajstić information content (AvgIpc) is 3.30. The zero-order valence-corrected chi connectivity index (χ0v) is 15.6. The Kier molecular flexibility index (Phi) is 6.03. The molecule has 1 amide bonds. The minimum atomic E-state index is -0.323. The van der Waals surface area contributed by atoms with Crippen LogP contribution in [-0.2, 0) is 11.2 Å². The highest BCUT2D eigenvalue weighted by atomic mass is 16.5. The molecule has 1 fully saturated rings. The first kappa shape index (κ1) is 18.6. The summed E-state index contributed by atoms with van der Waals surface area (Å²) in [5, 5.41) is 14.1. The van der Waals surface area contributed by atoms with Crippen LogP contribution in [0.15, 0.2) is 10.7 Å². The quantitative estimate of drug-likeness (QED) is 0.785. The molecule has 0 bridgehead atoms. The molecule has 2 aromatic rings. The van der Waals surface area contributed by atoms with Gasteiger partial charge in [-0.15, -0.1) is 0 Å². The van der Waals surface area contributed by atoms with Gasteiger partial charge in [-0.25, -0.2) is 0 Å². The fourth-order valence-corrected chi connectivity index (χ4v) is 3.21. The number of ether oxygens (including phenoxy) is 1. The zero-order valence-electron chi connectivity index (χ0n) is 15.6. The number of hydrogen-bond donors (Lipinski definition) is 2. The molecule has 1 aliphatic heterocycles. The summed E-state index contributed by atoms with van der Waals surface area (Å²) in [6, 6.07) is -0.323. The van der Waals surface area contributed by atoms with E-state index in [0.717, 1.165) is 31.4 Å². The normalized spacial score (nSPS) is 16.8. The van der Waals surface area contributed by atoms with Crippen molar-refractivity contribution < 1.29 is 14.1 Å². The van der Waals surface area contributed by atoms with E-state index >= 15 is 0 Å². The van der Waals surface area contributed by atoms with E-state index in [1.54, 1.807) is 6.20 Å². The smallest absolute Gasteiger partial charge is 0.255 e. The largest absolute Gasteiger partial charge is 0.381 e. The van der Waals surface area contributed by atoms with Crippen LogP contribution in [0.3, 0.4) is 0 Å². The van der Waals surface area contributed by atoms with Gasteiger partial charge in [0.15, 0.2) is 5.82 Å². The first-order chi connectivity index (χ1) is 12.6. The maximum atomic E-state index is 12.9. The predicted octanol–water partition coefficient (Wildman–Crippen LogP) is 2.77. The van der Waals surface area contributed by atoms with E-state index < -0.39 is 0 Å². The summed E-state index contributed by atoms with van der Waals surface area (Å²) in [4.78, 5) is 17.4. The van der Waals surface area contributed by atoms with Gasteiger partial charge in [0.2, 0.25) is 5.89 Å². The van der Waals surface area contributed by atoms with E-state index in [2.05, 4.69) is 32.6 Å². The van der Waals surface area contributed by atoms with Gasteiger partial charge in [0.1, 0.15) is 6.04 Å². The van der Waals surface area contributed by atoms with Crippen molar-refractivity contribution in [3.63, 3.8) is 0 Å². The molecular formula is C18H27N5O3. The third-order valence-corrected chi connectivity index (χ3v) is 4.73. The van der Waals surface area contributed by atoms with Crippen molar-refractivity contribution in [1.82, 2.24) is 25.7 Å². The minimum absolute atomic E-state index is 0.164. The molecule has 2 aromatic heterocycles. The van der Waals surface area contributed by atoms with E-state index in [0.29, 0.717) is 30.5 Å². The number of carbonyl (C=O) groups is 1. The van der Waals surface area contributed by atoms with E-state index in [-0.39, 0.29) is 23.8 Å². The van der Waals surface area contributed by atoms with Crippen molar-refractivity contribution in [2.45, 2.75) is 58.4 Å². The molecule has 1 atom stereocenters. The number of nitrogens with one attached hydrogen (secondary N) is 2. The molecule has 8 nitrogen and oxygen atoms in total. The second-order valence-corrected chi connectivity index (χ2v) is 7.06. The van der Waals surface area contributed by atoms with Gasteiger partial charge in [0.05, 0.1) is 11.8 Å². The van der Waals surface area contributed by atoms with Crippen LogP contribution in [-0.4, -0.2) is 39.5 Å². The third kappa shape index (κ3) is 4.12. The van der Waals surface area contributed by atoms with Crippen LogP contribution in [0.1, 0.15) is 79.8 Å². The molecule has 3 heterocycles. The number of rotatable bonds is 7. The Hall–Kier alpha value is -2.22. The predicted molar refractivity (Wildman–Crippen MR) is 94.7 cm³/mol. The summed E-state index contributed by atoms with van der Waals surface area (Å²) in [6.07, 6.45) is 4.99. The standard InChI is InChI=1S/C18H27N5O3/c1-4-5-14-13(10-19-22-14)17(24)20-15(12-6-8-25-9-7-12)18-21-16(11(2)3)23-26-18/h10-12,15H,4-9H2,1-3H3,(H,19,22)(H,20,24)/t15-/m1/s1. The lowest BCUT2D eigenvalue weighted by Gasteiger charge is -2.28. The number of aryl methyl sites for hydroxylation is 1. The maximum absolute atomic E-state index is 12.9. The van der Waals surface area contributed by atoms with Crippen molar-refractivity contribution >= 4 is 5.91 Å². The van der Waals surface area contributed by atoms with Gasteiger partial charge >= 0.3 is 0 Å². The van der Waals surface area contributed by atoms with Gasteiger partial charge < -0.3 is 14.6 Å². The summed E-state index contributed by atoms with van der Waals surface area (Å²) < 4.78 is 11.0. The number of aromatic nitrogens is 4. The molecule has 0 radical (unpaired) electrons. The van der Waals surface area contributed by atoms with Crippen LogP contribution < -0.4 is 5.32 Å². The lowest BCUT2D eigenvalue weighted by atomic mass is 9.91. The highest BCUT2D eigenvalue weighted by Gasteiger charge is 2.32. The van der Waals surface area contributed by atoms with Gasteiger partial charge in [-0.2, -0.15) is 10.1 Å². The first-order valence-corrected chi connectivity index (χ1v) is 9.34. The number of H-pyrrole nitrogens is 1. The Bertz CT molecular complexity index is 718. The summed E-state index contributed by atoms with van der Waals surface area (Å²) in [7, 11) is 0. The lowest BCUT2D eigenvalue weighted by Crippen LogP contribution is -2.36. The molecule has 0 aromatic carbocycles. The van der Waals surface area contributed by atoms with E-state index in [4.69, 9.17) is 9.26 Å². The Balaban J connectivity index is 1.82.